The molecule has 1 fully saturated rings. The predicted octanol–water partition coefficient (Wildman–Crippen LogP) is 2.13. The van der Waals surface area contributed by atoms with E-state index in [2.05, 4.69) is 22.2 Å². The fourth-order valence-electron chi connectivity index (χ4n) is 2.88. The Morgan fingerprint density at radius 3 is 3.00 bits per heavy atom. The van der Waals surface area contributed by atoms with E-state index in [1.807, 2.05) is 23.1 Å². The van der Waals surface area contributed by atoms with E-state index in [0.29, 0.717) is 0 Å². The number of nitrogens with one attached hydrogen (secondary N) is 1. The van der Waals surface area contributed by atoms with Gasteiger partial charge in [0.25, 0.3) is 0 Å². The monoisotopic (exact) mass is 264 g/mol. The summed E-state index contributed by atoms with van der Waals surface area (Å²) in [6.45, 7) is 8.24. The molecule has 0 radical (unpaired) electrons. The molecule has 1 unspecified atom stereocenters. The third kappa shape index (κ3) is 5.33. The molecule has 1 N–H and O–H groups in total. The molecule has 1 aliphatic rings. The second kappa shape index (κ2) is 8.33. The minimum atomic E-state index is 0.722. The maximum atomic E-state index is 4.23. The highest BCUT2D eigenvalue weighted by atomic mass is 15.3. The van der Waals surface area contributed by atoms with E-state index in [9.17, 15) is 0 Å². The van der Waals surface area contributed by atoms with Crippen molar-refractivity contribution in [1.82, 2.24) is 20.0 Å². The molecule has 0 saturated carbocycles. The van der Waals surface area contributed by atoms with E-state index in [4.69, 9.17) is 0 Å². The number of likely N-dealkylation sites (tertiary alicyclic amines) is 1. The highest BCUT2D eigenvalue weighted by Crippen LogP contribution is 2.11. The molecular weight excluding hydrogens is 236 g/mol. The Kier molecular flexibility index (Phi) is 6.37. The summed E-state index contributed by atoms with van der Waals surface area (Å²) in [4.78, 5) is 2.62. The minimum Gasteiger partial charge on any atom is -0.314 e. The van der Waals surface area contributed by atoms with Gasteiger partial charge in [0.1, 0.15) is 0 Å². The van der Waals surface area contributed by atoms with Gasteiger partial charge in [-0.25, -0.2) is 0 Å². The normalized spacial score (nSPS) is 21.4. The van der Waals surface area contributed by atoms with Crippen LogP contribution in [0.3, 0.4) is 0 Å². The Morgan fingerprint density at radius 2 is 2.21 bits per heavy atom. The molecule has 0 aromatic carbocycles. The van der Waals surface area contributed by atoms with Gasteiger partial charge in [0.05, 0.1) is 0 Å². The summed E-state index contributed by atoms with van der Waals surface area (Å²) in [7, 11) is 0. The van der Waals surface area contributed by atoms with Gasteiger partial charge in [0.15, 0.2) is 0 Å². The van der Waals surface area contributed by atoms with Crippen molar-refractivity contribution in [3.63, 3.8) is 0 Å². The SMILES string of the molecule is CCCN1CCCC(NCCCn2cccn2)CC1. The Bertz CT molecular complexity index is 323. The highest BCUT2D eigenvalue weighted by molar-refractivity contribution is 4.78. The number of aromatic nitrogens is 2. The summed E-state index contributed by atoms with van der Waals surface area (Å²) in [5.74, 6) is 0. The van der Waals surface area contributed by atoms with Gasteiger partial charge in [-0.3, -0.25) is 4.68 Å². The van der Waals surface area contributed by atoms with Crippen LogP contribution in [0, 0.1) is 0 Å². The zero-order valence-electron chi connectivity index (χ0n) is 12.2. The largest absolute Gasteiger partial charge is 0.314 e. The molecule has 19 heavy (non-hydrogen) atoms. The molecule has 1 aromatic heterocycles. The van der Waals surface area contributed by atoms with E-state index >= 15 is 0 Å². The molecule has 2 heterocycles. The van der Waals surface area contributed by atoms with Crippen LogP contribution < -0.4 is 5.32 Å². The Labute approximate surface area is 117 Å². The zero-order chi connectivity index (χ0) is 13.3. The van der Waals surface area contributed by atoms with Crippen LogP contribution in [0.4, 0.5) is 0 Å². The van der Waals surface area contributed by atoms with E-state index < -0.39 is 0 Å². The molecule has 1 aromatic rings. The number of rotatable bonds is 7. The van der Waals surface area contributed by atoms with Crippen molar-refractivity contribution < 1.29 is 0 Å². The maximum Gasteiger partial charge on any atom is 0.0489 e. The first-order valence-corrected chi connectivity index (χ1v) is 7.81. The van der Waals surface area contributed by atoms with Gasteiger partial charge >= 0.3 is 0 Å². The van der Waals surface area contributed by atoms with Crippen molar-refractivity contribution in [3.8, 4) is 0 Å². The lowest BCUT2D eigenvalue weighted by Crippen LogP contribution is -2.32. The van der Waals surface area contributed by atoms with Crippen molar-refractivity contribution in [2.75, 3.05) is 26.2 Å². The summed E-state index contributed by atoms with van der Waals surface area (Å²) in [6, 6.07) is 2.71. The van der Waals surface area contributed by atoms with Crippen LogP contribution in [-0.4, -0.2) is 46.9 Å². The van der Waals surface area contributed by atoms with Crippen LogP contribution >= 0.6 is 0 Å². The number of nitrogens with zero attached hydrogens (tertiary/aromatic N) is 3. The van der Waals surface area contributed by atoms with Gasteiger partial charge in [-0.05, 0) is 64.3 Å². The van der Waals surface area contributed by atoms with Crippen LogP contribution in [0.25, 0.3) is 0 Å². The first kappa shape index (κ1) is 14.5. The Morgan fingerprint density at radius 1 is 1.26 bits per heavy atom. The zero-order valence-corrected chi connectivity index (χ0v) is 12.2. The maximum absolute atomic E-state index is 4.23. The molecule has 108 valence electrons. The Balaban J connectivity index is 1.58. The lowest BCUT2D eigenvalue weighted by atomic mass is 10.1. The third-order valence-electron chi connectivity index (χ3n) is 3.92. The smallest absolute Gasteiger partial charge is 0.0489 e. The molecule has 4 nitrogen and oxygen atoms in total. The second-order valence-corrected chi connectivity index (χ2v) is 5.55. The topological polar surface area (TPSA) is 33.1 Å². The lowest BCUT2D eigenvalue weighted by molar-refractivity contribution is 0.282. The van der Waals surface area contributed by atoms with Crippen LogP contribution in [-0.2, 0) is 6.54 Å². The van der Waals surface area contributed by atoms with Crippen LogP contribution in [0.15, 0.2) is 18.5 Å². The number of hydrogen-bond donors (Lipinski definition) is 1. The lowest BCUT2D eigenvalue weighted by Gasteiger charge is -2.19. The molecule has 0 aliphatic carbocycles. The minimum absolute atomic E-state index is 0.722. The van der Waals surface area contributed by atoms with Crippen molar-refractivity contribution in [3.05, 3.63) is 18.5 Å². The predicted molar refractivity (Wildman–Crippen MR) is 79.2 cm³/mol. The fourth-order valence-corrected chi connectivity index (χ4v) is 2.88. The molecular formula is C15H28N4. The van der Waals surface area contributed by atoms with E-state index in [1.54, 1.807) is 0 Å². The third-order valence-corrected chi connectivity index (χ3v) is 3.92. The van der Waals surface area contributed by atoms with Crippen LogP contribution in [0.2, 0.25) is 0 Å². The molecule has 1 saturated heterocycles. The fraction of sp³-hybridized carbons (Fsp3) is 0.800. The average Bonchev–Trinajstić information content (AvgIpc) is 2.83. The van der Waals surface area contributed by atoms with Gasteiger partial charge in [-0.15, -0.1) is 0 Å². The van der Waals surface area contributed by atoms with Crippen LogP contribution in [0.5, 0.6) is 0 Å². The summed E-state index contributed by atoms with van der Waals surface area (Å²) in [5.41, 5.74) is 0. The van der Waals surface area contributed by atoms with Crippen molar-refractivity contribution in [2.24, 2.45) is 0 Å². The molecule has 4 heteroatoms. The molecule has 1 aliphatic heterocycles. The summed E-state index contributed by atoms with van der Waals surface area (Å²) >= 11 is 0. The van der Waals surface area contributed by atoms with Gasteiger partial charge < -0.3 is 10.2 Å². The molecule has 0 amide bonds. The van der Waals surface area contributed by atoms with Crippen molar-refractivity contribution in [1.29, 1.82) is 0 Å². The van der Waals surface area contributed by atoms with E-state index in [0.717, 1.165) is 25.6 Å². The quantitative estimate of drug-likeness (QED) is 0.766. The van der Waals surface area contributed by atoms with E-state index in [-0.39, 0.29) is 0 Å². The first-order chi connectivity index (χ1) is 9.38. The second-order valence-electron chi connectivity index (χ2n) is 5.55. The first-order valence-electron chi connectivity index (χ1n) is 7.81. The average molecular weight is 264 g/mol. The van der Waals surface area contributed by atoms with Crippen LogP contribution in [0.1, 0.15) is 39.0 Å². The van der Waals surface area contributed by atoms with E-state index in [1.165, 1.54) is 45.3 Å². The molecule has 0 spiro atoms. The number of hydrogen-bond acceptors (Lipinski definition) is 3. The standard InChI is InChI=1S/C15H28N4/c1-2-10-18-11-3-6-15(7-14-18)16-8-4-12-19-13-5-9-17-19/h5,9,13,15-16H,2-4,6-8,10-12,14H2,1H3. The Hall–Kier alpha value is -0.870. The van der Waals surface area contributed by atoms with Crippen molar-refractivity contribution >= 4 is 0 Å². The summed E-state index contributed by atoms with van der Waals surface area (Å²) in [5, 5.41) is 7.95. The molecule has 2 rings (SSSR count). The summed E-state index contributed by atoms with van der Waals surface area (Å²) in [6.07, 6.45) is 10.3. The number of aryl methyl sites for hydroxylation is 1. The van der Waals surface area contributed by atoms with Gasteiger partial charge in [0, 0.05) is 25.0 Å². The van der Waals surface area contributed by atoms with Crippen molar-refractivity contribution in [2.45, 2.75) is 51.6 Å². The van der Waals surface area contributed by atoms with Gasteiger partial charge in [-0.1, -0.05) is 6.92 Å². The van der Waals surface area contributed by atoms with Gasteiger partial charge in [0.2, 0.25) is 0 Å². The van der Waals surface area contributed by atoms with Gasteiger partial charge in [-0.2, -0.15) is 5.10 Å². The molecule has 0 bridgehead atoms. The highest BCUT2D eigenvalue weighted by Gasteiger charge is 2.15. The molecule has 1 atom stereocenters. The summed E-state index contributed by atoms with van der Waals surface area (Å²) < 4.78 is 2.01.